The number of sulfonamides is 1. The number of carbonyl (C=O) groups is 1. The van der Waals surface area contributed by atoms with Gasteiger partial charge in [0.2, 0.25) is 10.0 Å². The molecule has 1 atom stereocenters. The zero-order chi connectivity index (χ0) is 19.3. The summed E-state index contributed by atoms with van der Waals surface area (Å²) in [6.45, 7) is 3.89. The summed E-state index contributed by atoms with van der Waals surface area (Å²) >= 11 is 0. The number of nitrogens with one attached hydrogen (secondary N) is 1. The Balaban J connectivity index is 0.00000364. The van der Waals surface area contributed by atoms with Gasteiger partial charge >= 0.3 is 0 Å². The fourth-order valence-electron chi connectivity index (χ4n) is 2.34. The van der Waals surface area contributed by atoms with Crippen LogP contribution in [0.1, 0.15) is 35.8 Å². The number of carbonyl (C=O) groups excluding carboxylic acids is 1. The summed E-state index contributed by atoms with van der Waals surface area (Å²) in [5.74, 6) is -0.294. The molecule has 0 heterocycles. The maximum absolute atomic E-state index is 12.4. The van der Waals surface area contributed by atoms with Crippen LogP contribution in [0.4, 0.5) is 0 Å². The van der Waals surface area contributed by atoms with Gasteiger partial charge in [-0.15, -0.1) is 12.4 Å². The SMILES string of the molecule is CC(C)N(C)S(=O)(=O)c1ccc(C(=O)NCC(N)c2ccccc2)cc1.Cl. The second-order valence-corrected chi connectivity index (χ2v) is 8.36. The van der Waals surface area contributed by atoms with Crippen LogP contribution in [0, 0.1) is 0 Å². The van der Waals surface area contributed by atoms with E-state index in [9.17, 15) is 13.2 Å². The molecule has 0 aliphatic carbocycles. The number of nitrogens with zero attached hydrogens (tertiary/aromatic N) is 1. The molecule has 3 N–H and O–H groups in total. The van der Waals surface area contributed by atoms with E-state index in [-0.39, 0.29) is 35.3 Å². The van der Waals surface area contributed by atoms with E-state index in [1.807, 2.05) is 30.3 Å². The van der Waals surface area contributed by atoms with Crippen molar-refractivity contribution in [3.05, 3.63) is 65.7 Å². The summed E-state index contributed by atoms with van der Waals surface area (Å²) in [4.78, 5) is 12.4. The molecule has 148 valence electrons. The third-order valence-corrected chi connectivity index (χ3v) is 6.28. The summed E-state index contributed by atoms with van der Waals surface area (Å²) in [6, 6.07) is 14.9. The highest BCUT2D eigenvalue weighted by molar-refractivity contribution is 7.89. The fourth-order valence-corrected chi connectivity index (χ4v) is 3.71. The highest BCUT2D eigenvalue weighted by Gasteiger charge is 2.23. The molecule has 8 heteroatoms. The Bertz CT molecular complexity index is 840. The van der Waals surface area contributed by atoms with Crippen molar-refractivity contribution < 1.29 is 13.2 Å². The molecule has 0 saturated carbocycles. The van der Waals surface area contributed by atoms with Gasteiger partial charge in [-0.3, -0.25) is 4.79 Å². The van der Waals surface area contributed by atoms with Gasteiger partial charge in [-0.1, -0.05) is 30.3 Å². The minimum absolute atomic E-state index is 0. The van der Waals surface area contributed by atoms with Crippen molar-refractivity contribution in [3.8, 4) is 0 Å². The van der Waals surface area contributed by atoms with Crippen LogP contribution in [0.15, 0.2) is 59.5 Å². The number of halogens is 1. The summed E-state index contributed by atoms with van der Waals surface area (Å²) in [5.41, 5.74) is 7.39. The Labute approximate surface area is 167 Å². The summed E-state index contributed by atoms with van der Waals surface area (Å²) < 4.78 is 26.2. The summed E-state index contributed by atoms with van der Waals surface area (Å²) in [5, 5.41) is 2.77. The van der Waals surface area contributed by atoms with Gasteiger partial charge < -0.3 is 11.1 Å². The first-order valence-electron chi connectivity index (χ1n) is 8.40. The highest BCUT2D eigenvalue weighted by Crippen LogP contribution is 2.17. The lowest BCUT2D eigenvalue weighted by atomic mass is 10.1. The lowest BCUT2D eigenvalue weighted by Gasteiger charge is -2.21. The molecule has 1 unspecified atom stereocenters. The van der Waals surface area contributed by atoms with Crippen LogP contribution in [-0.2, 0) is 10.0 Å². The van der Waals surface area contributed by atoms with Crippen molar-refractivity contribution >= 4 is 28.3 Å². The Hall–Kier alpha value is -1.93. The Morgan fingerprint density at radius 2 is 1.63 bits per heavy atom. The molecular formula is C19H26ClN3O3S. The maximum Gasteiger partial charge on any atom is 0.251 e. The average molecular weight is 412 g/mol. The van der Waals surface area contributed by atoms with Gasteiger partial charge in [-0.2, -0.15) is 4.31 Å². The number of amides is 1. The lowest BCUT2D eigenvalue weighted by Crippen LogP contribution is -2.33. The Kier molecular flexibility index (Phi) is 8.43. The first-order valence-corrected chi connectivity index (χ1v) is 9.84. The molecule has 0 fully saturated rings. The summed E-state index contributed by atoms with van der Waals surface area (Å²) in [7, 11) is -2.03. The van der Waals surface area contributed by atoms with E-state index in [4.69, 9.17) is 5.73 Å². The zero-order valence-electron chi connectivity index (χ0n) is 15.6. The van der Waals surface area contributed by atoms with Crippen LogP contribution in [0.2, 0.25) is 0 Å². The van der Waals surface area contributed by atoms with E-state index in [0.29, 0.717) is 12.1 Å². The van der Waals surface area contributed by atoms with Crippen LogP contribution in [0.5, 0.6) is 0 Å². The van der Waals surface area contributed by atoms with E-state index in [0.717, 1.165) is 5.56 Å². The molecule has 6 nitrogen and oxygen atoms in total. The van der Waals surface area contributed by atoms with Crippen molar-refractivity contribution in [2.45, 2.75) is 30.8 Å². The monoisotopic (exact) mass is 411 g/mol. The van der Waals surface area contributed by atoms with E-state index >= 15 is 0 Å². The van der Waals surface area contributed by atoms with E-state index < -0.39 is 10.0 Å². The third-order valence-electron chi connectivity index (χ3n) is 4.23. The normalized spacial score (nSPS) is 12.5. The maximum atomic E-state index is 12.4. The van der Waals surface area contributed by atoms with E-state index in [1.165, 1.54) is 35.6 Å². The predicted octanol–water partition coefficient (Wildman–Crippen LogP) is 2.57. The van der Waals surface area contributed by atoms with Crippen molar-refractivity contribution in [2.75, 3.05) is 13.6 Å². The largest absolute Gasteiger partial charge is 0.350 e. The van der Waals surface area contributed by atoms with E-state index in [1.54, 1.807) is 13.8 Å². The van der Waals surface area contributed by atoms with Gasteiger partial charge in [0.1, 0.15) is 0 Å². The molecule has 0 bridgehead atoms. The minimum atomic E-state index is -3.56. The fraction of sp³-hybridized carbons (Fsp3) is 0.316. The number of hydrogen-bond acceptors (Lipinski definition) is 4. The standard InChI is InChI=1S/C19H25N3O3S.ClH/c1-14(2)22(3)26(24,25)17-11-9-16(10-12-17)19(23)21-13-18(20)15-7-5-4-6-8-15;/h4-12,14,18H,13,20H2,1-3H3,(H,21,23);1H. The molecule has 2 rings (SSSR count). The Morgan fingerprint density at radius 1 is 1.07 bits per heavy atom. The van der Waals surface area contributed by atoms with Crippen molar-refractivity contribution in [1.29, 1.82) is 0 Å². The summed E-state index contributed by atoms with van der Waals surface area (Å²) in [6.07, 6.45) is 0. The van der Waals surface area contributed by atoms with Gasteiger partial charge in [0, 0.05) is 31.2 Å². The molecule has 2 aromatic carbocycles. The second kappa shape index (κ2) is 9.85. The van der Waals surface area contributed by atoms with Gasteiger partial charge in [-0.25, -0.2) is 8.42 Å². The number of hydrogen-bond donors (Lipinski definition) is 2. The molecule has 27 heavy (non-hydrogen) atoms. The quantitative estimate of drug-likeness (QED) is 0.732. The molecular weight excluding hydrogens is 386 g/mol. The van der Waals surface area contributed by atoms with Gasteiger partial charge in [0.15, 0.2) is 0 Å². The number of nitrogens with two attached hydrogens (primary N) is 1. The molecule has 0 aliphatic rings. The number of rotatable bonds is 7. The van der Waals surface area contributed by atoms with Crippen LogP contribution in [-0.4, -0.2) is 38.3 Å². The average Bonchev–Trinajstić information content (AvgIpc) is 2.65. The van der Waals surface area contributed by atoms with Crippen LogP contribution < -0.4 is 11.1 Å². The molecule has 0 aromatic heterocycles. The highest BCUT2D eigenvalue weighted by atomic mass is 35.5. The van der Waals surface area contributed by atoms with Gasteiger partial charge in [-0.05, 0) is 43.7 Å². The predicted molar refractivity (Wildman–Crippen MR) is 109 cm³/mol. The van der Waals surface area contributed by atoms with Crippen LogP contribution in [0.3, 0.4) is 0 Å². The van der Waals surface area contributed by atoms with Gasteiger partial charge in [0.25, 0.3) is 5.91 Å². The van der Waals surface area contributed by atoms with E-state index in [2.05, 4.69) is 5.32 Å². The molecule has 0 aliphatic heterocycles. The molecule has 0 saturated heterocycles. The van der Waals surface area contributed by atoms with Crippen LogP contribution >= 0.6 is 12.4 Å². The molecule has 1 amide bonds. The van der Waals surface area contributed by atoms with Crippen LogP contribution in [0.25, 0.3) is 0 Å². The molecule has 2 aromatic rings. The van der Waals surface area contributed by atoms with Crippen molar-refractivity contribution in [2.24, 2.45) is 5.73 Å². The topological polar surface area (TPSA) is 92.5 Å². The molecule has 0 spiro atoms. The minimum Gasteiger partial charge on any atom is -0.350 e. The van der Waals surface area contributed by atoms with Gasteiger partial charge in [0.05, 0.1) is 4.90 Å². The first-order chi connectivity index (χ1) is 12.2. The second-order valence-electron chi connectivity index (χ2n) is 6.37. The van der Waals surface area contributed by atoms with Crippen molar-refractivity contribution in [1.82, 2.24) is 9.62 Å². The zero-order valence-corrected chi connectivity index (χ0v) is 17.3. The first kappa shape index (κ1) is 23.1. The van der Waals surface area contributed by atoms with Crippen molar-refractivity contribution in [3.63, 3.8) is 0 Å². The lowest BCUT2D eigenvalue weighted by molar-refractivity contribution is 0.0951. The third kappa shape index (κ3) is 5.77. The molecule has 0 radical (unpaired) electrons. The number of benzene rings is 2. The Morgan fingerprint density at radius 3 is 2.15 bits per heavy atom. The smallest absolute Gasteiger partial charge is 0.251 e.